The molecule has 0 fully saturated rings. The van der Waals surface area contributed by atoms with Crippen LogP contribution in [-0.4, -0.2) is 62.7 Å². The number of hydrogen-bond donors (Lipinski definition) is 6. The van der Waals surface area contributed by atoms with Crippen LogP contribution in [0.3, 0.4) is 0 Å². The lowest BCUT2D eigenvalue weighted by molar-refractivity contribution is -0.141. The highest BCUT2D eigenvalue weighted by Crippen LogP contribution is 2.12. The summed E-state index contributed by atoms with van der Waals surface area (Å²) in [7, 11) is 2.81. The molecule has 33 heavy (non-hydrogen) atoms. The van der Waals surface area contributed by atoms with Crippen molar-refractivity contribution in [3.63, 3.8) is 0 Å². The van der Waals surface area contributed by atoms with Crippen molar-refractivity contribution >= 4 is 27.1 Å². The number of carboxylic acid groups (broad SMARTS) is 3. The summed E-state index contributed by atoms with van der Waals surface area (Å²) in [6.07, 6.45) is 17.5. The van der Waals surface area contributed by atoms with Gasteiger partial charge in [-0.15, -0.1) is 9.24 Å². The predicted molar refractivity (Wildman–Crippen MR) is 135 cm³/mol. The predicted octanol–water partition coefficient (Wildman–Crippen LogP) is 3.60. The van der Waals surface area contributed by atoms with Crippen LogP contribution < -0.4 is 11.5 Å². The van der Waals surface area contributed by atoms with Crippen LogP contribution in [0.1, 0.15) is 104 Å². The van der Waals surface area contributed by atoms with E-state index in [-0.39, 0.29) is 12.8 Å². The summed E-state index contributed by atoms with van der Waals surface area (Å²) in [6.45, 7) is 3.62. The van der Waals surface area contributed by atoms with E-state index in [0.29, 0.717) is 0 Å². The first-order chi connectivity index (χ1) is 15.5. The van der Waals surface area contributed by atoms with Crippen molar-refractivity contribution in [2.24, 2.45) is 11.5 Å². The van der Waals surface area contributed by atoms with E-state index < -0.39 is 36.1 Å². The van der Waals surface area contributed by atoms with Crippen molar-refractivity contribution in [3.8, 4) is 0 Å². The molecule has 0 heterocycles. The summed E-state index contributed by atoms with van der Waals surface area (Å²) in [5.74, 6) is -3.38. The molecule has 0 rings (SSSR count). The third-order valence-corrected chi connectivity index (χ3v) is 5.26. The molecule has 0 saturated carbocycles. The number of rotatable bonds is 18. The minimum Gasteiger partial charge on any atom is -0.481 e. The van der Waals surface area contributed by atoms with Crippen molar-refractivity contribution in [3.05, 3.63) is 0 Å². The first kappa shape index (κ1) is 36.3. The number of aliphatic hydroxyl groups is 1. The van der Waals surface area contributed by atoms with Gasteiger partial charge in [-0.05, 0) is 25.9 Å². The average molecular weight is 497 g/mol. The Labute approximate surface area is 201 Å². The molecule has 4 unspecified atom stereocenters. The van der Waals surface area contributed by atoms with Crippen LogP contribution >= 0.6 is 9.24 Å². The van der Waals surface area contributed by atoms with Gasteiger partial charge in [0.1, 0.15) is 12.1 Å². The molecular formula is C23H49N2O7P. The van der Waals surface area contributed by atoms with Gasteiger partial charge in [0, 0.05) is 6.42 Å². The molecule has 0 amide bonds. The van der Waals surface area contributed by atoms with Gasteiger partial charge in [0.25, 0.3) is 0 Å². The van der Waals surface area contributed by atoms with Crippen LogP contribution in [0.5, 0.6) is 0 Å². The zero-order valence-corrected chi connectivity index (χ0v) is 21.7. The van der Waals surface area contributed by atoms with E-state index in [9.17, 15) is 14.4 Å². The maximum atomic E-state index is 9.99. The minimum atomic E-state index is -1.18. The first-order valence-corrected chi connectivity index (χ1v) is 12.9. The quantitative estimate of drug-likeness (QED) is 0.122. The van der Waals surface area contributed by atoms with Crippen LogP contribution in [0.4, 0.5) is 0 Å². The van der Waals surface area contributed by atoms with Crippen LogP contribution in [-0.2, 0) is 14.4 Å². The standard InChI is InChI=1S/C14H31P.C5H9NO4.C4H9NO3/c1-2-3-4-5-6-7-8-9-10-11-12-13-14-15;6-3(5(9)10)1-2-4(7)8;1-2(6)3(5)4(7)8/h2-15H2,1H3;3H,1-2,6H2,(H,7,8)(H,9,10);2-3,6H,5H2,1H3,(H,7,8). The molecule has 0 aromatic carbocycles. The van der Waals surface area contributed by atoms with Crippen LogP contribution in [0.2, 0.25) is 0 Å². The second-order valence-electron chi connectivity index (χ2n) is 8.16. The smallest absolute Gasteiger partial charge is 0.323 e. The van der Waals surface area contributed by atoms with Gasteiger partial charge in [0.2, 0.25) is 0 Å². The zero-order valence-electron chi connectivity index (χ0n) is 20.6. The van der Waals surface area contributed by atoms with Gasteiger partial charge in [-0.25, -0.2) is 0 Å². The van der Waals surface area contributed by atoms with E-state index in [4.69, 9.17) is 31.9 Å². The van der Waals surface area contributed by atoms with Gasteiger partial charge in [0.15, 0.2) is 0 Å². The first-order valence-electron chi connectivity index (χ1n) is 12.1. The molecule has 8 N–H and O–H groups in total. The lowest BCUT2D eigenvalue weighted by Crippen LogP contribution is -2.39. The number of carbonyl (C=O) groups is 3. The molecular weight excluding hydrogens is 447 g/mol. The highest BCUT2D eigenvalue weighted by molar-refractivity contribution is 7.16. The Bertz CT molecular complexity index is 468. The molecule has 0 aromatic heterocycles. The Hall–Kier alpha value is -1.28. The number of unbranched alkanes of at least 4 members (excludes halogenated alkanes) is 11. The fourth-order valence-corrected chi connectivity index (χ4v) is 2.88. The molecule has 10 heteroatoms. The summed E-state index contributed by atoms with van der Waals surface area (Å²) in [5, 5.41) is 32.8. The summed E-state index contributed by atoms with van der Waals surface area (Å²) < 4.78 is 0. The third kappa shape index (κ3) is 33.0. The minimum absolute atomic E-state index is 0.0231. The Balaban J connectivity index is -0.000000435. The molecule has 0 spiro atoms. The molecule has 0 aliphatic rings. The maximum absolute atomic E-state index is 9.99. The van der Waals surface area contributed by atoms with E-state index >= 15 is 0 Å². The fourth-order valence-electron chi connectivity index (χ4n) is 2.59. The van der Waals surface area contributed by atoms with E-state index in [1.807, 2.05) is 0 Å². The highest BCUT2D eigenvalue weighted by Gasteiger charge is 2.16. The fraction of sp³-hybridized carbons (Fsp3) is 0.870. The van der Waals surface area contributed by atoms with E-state index in [1.54, 1.807) is 0 Å². The number of aliphatic carboxylic acids is 3. The van der Waals surface area contributed by atoms with E-state index in [2.05, 4.69) is 16.2 Å². The normalized spacial score (nSPS) is 12.9. The summed E-state index contributed by atoms with van der Waals surface area (Å²) in [5.41, 5.74) is 9.91. The number of aliphatic hydroxyl groups excluding tert-OH is 1. The zero-order chi connectivity index (χ0) is 26.1. The van der Waals surface area contributed by atoms with Crippen molar-refractivity contribution in [2.75, 3.05) is 6.16 Å². The summed E-state index contributed by atoms with van der Waals surface area (Å²) in [4.78, 5) is 29.7. The molecule has 9 nitrogen and oxygen atoms in total. The van der Waals surface area contributed by atoms with E-state index in [1.165, 1.54) is 90.1 Å². The SMILES string of the molecule is CC(O)C(N)C(=O)O.CCCCCCCCCCCCCCP.NC(CCC(=O)O)C(=O)O. The van der Waals surface area contributed by atoms with Crippen LogP contribution in [0.25, 0.3) is 0 Å². The maximum Gasteiger partial charge on any atom is 0.323 e. The Morgan fingerprint density at radius 3 is 1.39 bits per heavy atom. The lowest BCUT2D eigenvalue weighted by atomic mass is 10.1. The number of nitrogens with two attached hydrogens (primary N) is 2. The molecule has 0 saturated heterocycles. The van der Waals surface area contributed by atoms with Crippen LogP contribution in [0, 0.1) is 0 Å². The van der Waals surface area contributed by atoms with Crippen molar-refractivity contribution in [1.29, 1.82) is 0 Å². The monoisotopic (exact) mass is 496 g/mol. The van der Waals surface area contributed by atoms with Gasteiger partial charge >= 0.3 is 17.9 Å². The second kappa shape index (κ2) is 27.0. The van der Waals surface area contributed by atoms with Gasteiger partial charge in [0.05, 0.1) is 6.10 Å². The Kier molecular flexibility index (Phi) is 29.7. The Morgan fingerprint density at radius 1 is 0.758 bits per heavy atom. The van der Waals surface area contributed by atoms with Gasteiger partial charge in [-0.2, -0.15) is 0 Å². The van der Waals surface area contributed by atoms with Crippen LogP contribution in [0.15, 0.2) is 0 Å². The van der Waals surface area contributed by atoms with E-state index in [0.717, 1.165) is 0 Å². The molecule has 0 aromatic rings. The Morgan fingerprint density at radius 2 is 1.15 bits per heavy atom. The molecule has 0 aliphatic carbocycles. The molecule has 0 bridgehead atoms. The molecule has 198 valence electrons. The largest absolute Gasteiger partial charge is 0.481 e. The van der Waals surface area contributed by atoms with Gasteiger partial charge in [-0.3, -0.25) is 14.4 Å². The number of hydrogen-bond acceptors (Lipinski definition) is 6. The molecule has 0 radical (unpaired) electrons. The average Bonchev–Trinajstić information content (AvgIpc) is 2.75. The van der Waals surface area contributed by atoms with Crippen molar-refractivity contribution in [1.82, 2.24) is 0 Å². The number of carboxylic acids is 3. The summed E-state index contributed by atoms with van der Waals surface area (Å²) in [6, 6.07) is -2.22. The van der Waals surface area contributed by atoms with Gasteiger partial charge in [-0.1, -0.05) is 77.6 Å². The van der Waals surface area contributed by atoms with Crippen molar-refractivity contribution < 1.29 is 34.8 Å². The van der Waals surface area contributed by atoms with Gasteiger partial charge < -0.3 is 31.9 Å². The lowest BCUT2D eigenvalue weighted by Gasteiger charge is -2.06. The third-order valence-electron chi connectivity index (χ3n) is 4.85. The topological polar surface area (TPSA) is 184 Å². The summed E-state index contributed by atoms with van der Waals surface area (Å²) >= 11 is 0. The molecule has 4 atom stereocenters. The second-order valence-corrected chi connectivity index (χ2v) is 8.74. The highest BCUT2D eigenvalue weighted by atomic mass is 31.0. The van der Waals surface area contributed by atoms with Crippen molar-refractivity contribution in [2.45, 2.75) is 122 Å². The molecule has 0 aliphatic heterocycles.